The Hall–Kier alpha value is -2.80. The van der Waals surface area contributed by atoms with Gasteiger partial charge in [0.1, 0.15) is 24.7 Å². The second-order valence-electron chi connectivity index (χ2n) is 7.92. The smallest absolute Gasteiger partial charge is 0.242 e. The van der Waals surface area contributed by atoms with E-state index in [2.05, 4.69) is 18.0 Å². The average molecular weight is 441 g/mol. The number of ether oxygens (including phenoxy) is 2. The van der Waals surface area contributed by atoms with Crippen molar-refractivity contribution in [2.45, 2.75) is 25.3 Å². The van der Waals surface area contributed by atoms with Crippen LogP contribution < -0.4 is 9.47 Å². The van der Waals surface area contributed by atoms with Crippen LogP contribution in [0, 0.1) is 5.92 Å². The molecule has 2 aromatic rings. The van der Waals surface area contributed by atoms with E-state index in [1.165, 1.54) is 4.88 Å². The molecule has 4 rings (SSSR count). The highest BCUT2D eigenvalue weighted by atomic mass is 32.1. The lowest BCUT2D eigenvalue weighted by Crippen LogP contribution is -2.48. The predicted octanol–water partition coefficient (Wildman–Crippen LogP) is 3.69. The van der Waals surface area contributed by atoms with Crippen molar-refractivity contribution in [3.8, 4) is 11.5 Å². The zero-order valence-corrected chi connectivity index (χ0v) is 18.6. The van der Waals surface area contributed by atoms with E-state index in [1.54, 1.807) is 29.4 Å². The Morgan fingerprint density at radius 1 is 1.29 bits per heavy atom. The largest absolute Gasteiger partial charge is 0.497 e. The van der Waals surface area contributed by atoms with E-state index in [-0.39, 0.29) is 30.3 Å². The third-order valence-electron chi connectivity index (χ3n) is 5.78. The van der Waals surface area contributed by atoms with Crippen LogP contribution in [0.2, 0.25) is 0 Å². The molecule has 0 spiro atoms. The fourth-order valence-corrected chi connectivity index (χ4v) is 4.90. The maximum Gasteiger partial charge on any atom is 0.242 e. The number of fused-ring (bicyclic) bond motifs is 1. The van der Waals surface area contributed by atoms with Crippen LogP contribution >= 0.6 is 11.3 Å². The monoisotopic (exact) mass is 440 g/mol. The van der Waals surface area contributed by atoms with Crippen molar-refractivity contribution >= 4 is 23.2 Å². The highest BCUT2D eigenvalue weighted by Crippen LogP contribution is 2.35. The van der Waals surface area contributed by atoms with Gasteiger partial charge in [-0.25, -0.2) is 0 Å². The van der Waals surface area contributed by atoms with Crippen molar-refractivity contribution in [2.75, 3.05) is 33.4 Å². The summed E-state index contributed by atoms with van der Waals surface area (Å²) >= 11 is 1.72. The first-order chi connectivity index (χ1) is 15.1. The summed E-state index contributed by atoms with van der Waals surface area (Å²) in [5.74, 6) is 1.51. The second kappa shape index (κ2) is 9.56. The van der Waals surface area contributed by atoms with Crippen LogP contribution in [0.1, 0.15) is 29.3 Å². The van der Waals surface area contributed by atoms with E-state index in [1.807, 2.05) is 29.2 Å². The molecule has 0 N–H and O–H groups in total. The fraction of sp³-hybridized carbons (Fsp3) is 0.417. The van der Waals surface area contributed by atoms with E-state index in [0.29, 0.717) is 25.4 Å². The summed E-state index contributed by atoms with van der Waals surface area (Å²) in [6.45, 7) is 5.19. The average Bonchev–Trinajstić information content (AvgIpc) is 3.53. The molecule has 2 aliphatic rings. The quantitative estimate of drug-likeness (QED) is 0.558. The predicted molar refractivity (Wildman–Crippen MR) is 120 cm³/mol. The van der Waals surface area contributed by atoms with Crippen LogP contribution in [0.25, 0.3) is 0 Å². The summed E-state index contributed by atoms with van der Waals surface area (Å²) in [4.78, 5) is 30.7. The number of hydrogen-bond acceptors (Lipinski definition) is 5. The molecule has 1 aliphatic heterocycles. The molecule has 0 radical (unpaired) electrons. The van der Waals surface area contributed by atoms with Crippen molar-refractivity contribution in [3.63, 3.8) is 0 Å². The summed E-state index contributed by atoms with van der Waals surface area (Å²) in [5, 5.41) is 2.07. The maximum atomic E-state index is 13.3. The number of hydrogen-bond donors (Lipinski definition) is 0. The van der Waals surface area contributed by atoms with Crippen LogP contribution in [-0.4, -0.2) is 55.0 Å². The summed E-state index contributed by atoms with van der Waals surface area (Å²) in [6.07, 6.45) is 4.34. The molecule has 0 unspecified atom stereocenters. The van der Waals surface area contributed by atoms with Crippen LogP contribution in [-0.2, 0) is 16.0 Å². The molecular weight excluding hydrogens is 412 g/mol. The molecule has 1 aromatic carbocycles. The SMILES string of the molecule is C=CCN(CC(=O)N1CCc2sccc2[C@@H]1COc1cccc(OC)c1)C(=O)C1CC1. The lowest BCUT2D eigenvalue weighted by atomic mass is 10.0. The first-order valence-electron chi connectivity index (χ1n) is 10.6. The Morgan fingerprint density at radius 3 is 2.84 bits per heavy atom. The number of carbonyl (C=O) groups excluding carboxylic acids is 2. The van der Waals surface area contributed by atoms with Crippen molar-refractivity contribution in [1.29, 1.82) is 0 Å². The van der Waals surface area contributed by atoms with Crippen molar-refractivity contribution < 1.29 is 19.1 Å². The molecule has 7 heteroatoms. The fourth-order valence-electron chi connectivity index (χ4n) is 3.97. The molecule has 1 saturated carbocycles. The lowest BCUT2D eigenvalue weighted by Gasteiger charge is -2.37. The zero-order chi connectivity index (χ0) is 21.8. The Labute approximate surface area is 187 Å². The van der Waals surface area contributed by atoms with Crippen molar-refractivity contribution in [2.24, 2.45) is 5.92 Å². The van der Waals surface area contributed by atoms with Gasteiger partial charge in [-0.15, -0.1) is 17.9 Å². The molecule has 1 aliphatic carbocycles. The van der Waals surface area contributed by atoms with Crippen LogP contribution in [0.5, 0.6) is 11.5 Å². The van der Waals surface area contributed by atoms with Gasteiger partial charge in [0.2, 0.25) is 11.8 Å². The van der Waals surface area contributed by atoms with Gasteiger partial charge in [-0.1, -0.05) is 12.1 Å². The third kappa shape index (κ3) is 4.93. The third-order valence-corrected chi connectivity index (χ3v) is 6.77. The van der Waals surface area contributed by atoms with E-state index >= 15 is 0 Å². The summed E-state index contributed by atoms with van der Waals surface area (Å²) in [5.41, 5.74) is 1.14. The molecule has 1 atom stereocenters. The first-order valence-corrected chi connectivity index (χ1v) is 11.5. The van der Waals surface area contributed by atoms with Gasteiger partial charge >= 0.3 is 0 Å². The molecule has 164 valence electrons. The zero-order valence-electron chi connectivity index (χ0n) is 17.8. The number of nitrogens with zero attached hydrogens (tertiary/aromatic N) is 2. The van der Waals surface area contributed by atoms with Gasteiger partial charge in [0.25, 0.3) is 0 Å². The minimum atomic E-state index is -0.185. The Kier molecular flexibility index (Phi) is 6.61. The van der Waals surface area contributed by atoms with E-state index in [9.17, 15) is 9.59 Å². The molecular formula is C24H28N2O4S. The van der Waals surface area contributed by atoms with Gasteiger partial charge < -0.3 is 19.3 Å². The lowest BCUT2D eigenvalue weighted by molar-refractivity contribution is -0.142. The van der Waals surface area contributed by atoms with Gasteiger partial charge in [-0.3, -0.25) is 9.59 Å². The summed E-state index contributed by atoms with van der Waals surface area (Å²) in [6, 6.07) is 9.36. The molecule has 0 bridgehead atoms. The van der Waals surface area contributed by atoms with Crippen LogP contribution in [0.15, 0.2) is 48.4 Å². The number of rotatable bonds is 9. The second-order valence-corrected chi connectivity index (χ2v) is 8.92. The van der Waals surface area contributed by atoms with Gasteiger partial charge in [0, 0.05) is 30.0 Å². The molecule has 6 nitrogen and oxygen atoms in total. The van der Waals surface area contributed by atoms with E-state index < -0.39 is 0 Å². The minimum Gasteiger partial charge on any atom is -0.497 e. The molecule has 31 heavy (non-hydrogen) atoms. The molecule has 2 heterocycles. The maximum absolute atomic E-state index is 13.3. The standard InChI is InChI=1S/C24H28N2O4S/c1-3-11-25(24(28)17-7-8-17)15-23(27)26-12-9-22-20(10-13-31-22)21(26)16-30-19-6-4-5-18(14-19)29-2/h3-6,10,13-14,17,21H,1,7-9,11-12,15-16H2,2H3/t21-/m0/s1. The van der Waals surface area contributed by atoms with E-state index in [0.717, 1.165) is 30.6 Å². The van der Waals surface area contributed by atoms with Gasteiger partial charge in [-0.05, 0) is 48.4 Å². The highest BCUT2D eigenvalue weighted by Gasteiger charge is 2.36. The van der Waals surface area contributed by atoms with Gasteiger partial charge in [0.15, 0.2) is 0 Å². The summed E-state index contributed by atoms with van der Waals surface area (Å²) in [7, 11) is 1.62. The molecule has 1 fully saturated rings. The van der Waals surface area contributed by atoms with Gasteiger partial charge in [0.05, 0.1) is 13.2 Å². The molecule has 1 aromatic heterocycles. The number of thiophene rings is 1. The normalized spacial score (nSPS) is 17.6. The molecule has 2 amide bonds. The minimum absolute atomic E-state index is 0.0491. The topological polar surface area (TPSA) is 59.1 Å². The van der Waals surface area contributed by atoms with Gasteiger partial charge in [-0.2, -0.15) is 0 Å². The summed E-state index contributed by atoms with van der Waals surface area (Å²) < 4.78 is 11.4. The number of benzene rings is 1. The first kappa shape index (κ1) is 21.4. The molecule has 0 saturated heterocycles. The van der Waals surface area contributed by atoms with E-state index in [4.69, 9.17) is 9.47 Å². The Balaban J connectivity index is 1.49. The highest BCUT2D eigenvalue weighted by molar-refractivity contribution is 7.10. The van der Waals surface area contributed by atoms with Crippen LogP contribution in [0.4, 0.5) is 0 Å². The Bertz CT molecular complexity index is 953. The number of carbonyl (C=O) groups is 2. The number of methoxy groups -OCH3 is 1. The Morgan fingerprint density at radius 2 is 2.10 bits per heavy atom. The van der Waals surface area contributed by atoms with Crippen molar-refractivity contribution in [1.82, 2.24) is 9.80 Å². The number of amides is 2. The van der Waals surface area contributed by atoms with Crippen LogP contribution in [0.3, 0.4) is 0 Å². The van der Waals surface area contributed by atoms with Crippen molar-refractivity contribution in [3.05, 3.63) is 58.8 Å².